The van der Waals surface area contributed by atoms with Crippen LogP contribution >= 0.6 is 23.5 Å². The van der Waals surface area contributed by atoms with Crippen LogP contribution in [0.25, 0.3) is 0 Å². The zero-order valence-electron chi connectivity index (χ0n) is 16.0. The predicted octanol–water partition coefficient (Wildman–Crippen LogP) is 6.83. The standard InChI is InChI=1S/C21H28N2S2/c1-20(2,3)17-11-9-16(10-12-17)15-24-19(25-21(4,5)6)23-18-8-7-13-22-14-18/h7-14H,15H2,1-6H3. The third-order valence-corrected chi connectivity index (χ3v) is 5.74. The number of hydrogen-bond donors (Lipinski definition) is 0. The molecule has 0 amide bonds. The molecule has 0 aliphatic carbocycles. The van der Waals surface area contributed by atoms with Gasteiger partial charge in [0.15, 0.2) is 0 Å². The topological polar surface area (TPSA) is 25.2 Å². The highest BCUT2D eigenvalue weighted by Crippen LogP contribution is 2.33. The average Bonchev–Trinajstić information content (AvgIpc) is 2.52. The summed E-state index contributed by atoms with van der Waals surface area (Å²) in [5.41, 5.74) is 3.80. The van der Waals surface area contributed by atoms with Gasteiger partial charge in [0.05, 0.1) is 11.9 Å². The summed E-state index contributed by atoms with van der Waals surface area (Å²) in [4.78, 5) is 8.96. The molecule has 0 aliphatic heterocycles. The van der Waals surface area contributed by atoms with Gasteiger partial charge in [-0.15, -0.1) is 0 Å². The molecule has 0 bridgehead atoms. The molecule has 2 rings (SSSR count). The molecule has 1 aromatic carbocycles. The summed E-state index contributed by atoms with van der Waals surface area (Å²) < 4.78 is 1.21. The molecule has 0 unspecified atom stereocenters. The van der Waals surface area contributed by atoms with Crippen molar-refractivity contribution < 1.29 is 0 Å². The molecule has 134 valence electrons. The van der Waals surface area contributed by atoms with E-state index in [1.54, 1.807) is 18.0 Å². The summed E-state index contributed by atoms with van der Waals surface area (Å²) in [5.74, 6) is 0.923. The zero-order chi connectivity index (χ0) is 18.5. The van der Waals surface area contributed by atoms with Gasteiger partial charge in [0.25, 0.3) is 0 Å². The number of hydrogen-bond acceptors (Lipinski definition) is 4. The Hall–Kier alpha value is -1.26. The Morgan fingerprint density at radius 2 is 1.68 bits per heavy atom. The second-order valence-electron chi connectivity index (χ2n) is 8.04. The van der Waals surface area contributed by atoms with E-state index < -0.39 is 0 Å². The highest BCUT2D eigenvalue weighted by Gasteiger charge is 2.17. The first-order valence-electron chi connectivity index (χ1n) is 8.53. The van der Waals surface area contributed by atoms with Crippen molar-refractivity contribution in [1.29, 1.82) is 0 Å². The minimum atomic E-state index is 0.129. The zero-order valence-corrected chi connectivity index (χ0v) is 17.7. The van der Waals surface area contributed by atoms with E-state index in [1.165, 1.54) is 11.1 Å². The first-order chi connectivity index (χ1) is 11.6. The third-order valence-electron chi connectivity index (χ3n) is 3.44. The van der Waals surface area contributed by atoms with Gasteiger partial charge in [-0.1, -0.05) is 89.3 Å². The Bertz CT molecular complexity index is 693. The molecule has 0 saturated carbocycles. The molecule has 4 heteroatoms. The van der Waals surface area contributed by atoms with Crippen LogP contribution in [-0.2, 0) is 11.2 Å². The normalized spacial score (nSPS) is 13.1. The number of benzene rings is 1. The third kappa shape index (κ3) is 7.25. The van der Waals surface area contributed by atoms with E-state index in [-0.39, 0.29) is 10.2 Å². The number of nitrogens with zero attached hydrogens (tertiary/aromatic N) is 2. The molecule has 25 heavy (non-hydrogen) atoms. The number of aromatic nitrogens is 1. The minimum absolute atomic E-state index is 0.129. The Kier molecular flexibility index (Phi) is 6.75. The van der Waals surface area contributed by atoms with E-state index in [9.17, 15) is 0 Å². The van der Waals surface area contributed by atoms with Crippen LogP contribution in [0.1, 0.15) is 52.7 Å². The molecular weight excluding hydrogens is 344 g/mol. The van der Waals surface area contributed by atoms with E-state index in [1.807, 2.05) is 30.1 Å². The summed E-state index contributed by atoms with van der Waals surface area (Å²) in [6.07, 6.45) is 3.58. The lowest BCUT2D eigenvalue weighted by Crippen LogP contribution is -2.11. The second kappa shape index (κ2) is 8.41. The van der Waals surface area contributed by atoms with E-state index in [0.717, 1.165) is 15.8 Å². The van der Waals surface area contributed by atoms with Gasteiger partial charge in [0.2, 0.25) is 0 Å². The molecular formula is C21H28N2S2. The number of rotatable bonds is 3. The van der Waals surface area contributed by atoms with Gasteiger partial charge in [-0.3, -0.25) is 4.98 Å². The fourth-order valence-corrected chi connectivity index (χ4v) is 4.61. The van der Waals surface area contributed by atoms with Crippen molar-refractivity contribution in [3.8, 4) is 0 Å². The highest BCUT2D eigenvalue weighted by atomic mass is 32.2. The Labute approximate surface area is 160 Å². The molecule has 0 fully saturated rings. The predicted molar refractivity (Wildman–Crippen MR) is 115 cm³/mol. The van der Waals surface area contributed by atoms with Gasteiger partial charge in [-0.2, -0.15) is 0 Å². The van der Waals surface area contributed by atoms with Crippen LogP contribution in [0.15, 0.2) is 53.8 Å². The van der Waals surface area contributed by atoms with Crippen molar-refractivity contribution in [2.75, 3.05) is 0 Å². The van der Waals surface area contributed by atoms with Gasteiger partial charge in [-0.05, 0) is 28.7 Å². The Morgan fingerprint density at radius 1 is 1.00 bits per heavy atom. The first-order valence-corrected chi connectivity index (χ1v) is 10.3. The number of aliphatic imine (C=N–C) groups is 1. The lowest BCUT2D eigenvalue weighted by Gasteiger charge is -2.20. The van der Waals surface area contributed by atoms with Gasteiger partial charge in [0.1, 0.15) is 4.38 Å². The molecule has 0 spiro atoms. The van der Waals surface area contributed by atoms with Crippen molar-refractivity contribution in [2.45, 2.75) is 57.5 Å². The van der Waals surface area contributed by atoms with Gasteiger partial charge < -0.3 is 0 Å². The largest absolute Gasteiger partial charge is 0.262 e. The van der Waals surface area contributed by atoms with Gasteiger partial charge in [0, 0.05) is 16.7 Å². The summed E-state index contributed by atoms with van der Waals surface area (Å²) >= 11 is 3.60. The molecule has 0 aliphatic rings. The number of pyridine rings is 1. The average molecular weight is 373 g/mol. The minimum Gasteiger partial charge on any atom is -0.262 e. The molecule has 2 nitrogen and oxygen atoms in total. The second-order valence-corrected chi connectivity index (χ2v) is 11.1. The van der Waals surface area contributed by atoms with E-state index in [2.05, 4.69) is 70.8 Å². The van der Waals surface area contributed by atoms with Crippen molar-refractivity contribution in [3.05, 3.63) is 59.9 Å². The van der Waals surface area contributed by atoms with Crippen LogP contribution in [0.3, 0.4) is 0 Å². The fraction of sp³-hybridized carbons (Fsp3) is 0.429. The Morgan fingerprint density at radius 3 is 2.20 bits per heavy atom. The van der Waals surface area contributed by atoms with E-state index in [4.69, 9.17) is 4.99 Å². The van der Waals surface area contributed by atoms with Gasteiger partial charge in [-0.25, -0.2) is 4.99 Å². The molecule has 2 aromatic rings. The Balaban J connectivity index is 2.10. The maximum atomic E-state index is 4.80. The van der Waals surface area contributed by atoms with Crippen molar-refractivity contribution in [2.24, 2.45) is 4.99 Å². The van der Waals surface area contributed by atoms with Crippen LogP contribution in [0.4, 0.5) is 5.69 Å². The SMILES string of the molecule is CC(C)(C)SC(=Nc1cccnc1)SCc1ccc(C(C)(C)C)cc1. The van der Waals surface area contributed by atoms with Crippen LogP contribution in [0.5, 0.6) is 0 Å². The van der Waals surface area contributed by atoms with Crippen molar-refractivity contribution in [1.82, 2.24) is 4.98 Å². The smallest absolute Gasteiger partial charge is 0.131 e. The van der Waals surface area contributed by atoms with Crippen molar-refractivity contribution in [3.63, 3.8) is 0 Å². The van der Waals surface area contributed by atoms with Crippen LogP contribution in [0, 0.1) is 0 Å². The summed E-state index contributed by atoms with van der Waals surface area (Å²) in [6, 6.07) is 12.9. The lowest BCUT2D eigenvalue weighted by molar-refractivity contribution is 0.590. The monoisotopic (exact) mass is 372 g/mol. The first kappa shape index (κ1) is 20.1. The van der Waals surface area contributed by atoms with E-state index >= 15 is 0 Å². The number of thioether (sulfide) groups is 2. The van der Waals surface area contributed by atoms with Crippen LogP contribution in [-0.4, -0.2) is 14.1 Å². The fourth-order valence-electron chi connectivity index (χ4n) is 2.12. The van der Waals surface area contributed by atoms with Gasteiger partial charge >= 0.3 is 0 Å². The van der Waals surface area contributed by atoms with E-state index in [0.29, 0.717) is 0 Å². The summed E-state index contributed by atoms with van der Waals surface area (Å²) in [7, 11) is 0. The quantitative estimate of drug-likeness (QED) is 0.436. The molecule has 0 saturated heterocycles. The summed E-state index contributed by atoms with van der Waals surface area (Å²) in [5, 5.41) is 0. The van der Waals surface area contributed by atoms with Crippen molar-refractivity contribution >= 4 is 33.6 Å². The molecule has 0 radical (unpaired) electrons. The molecule has 1 heterocycles. The summed E-state index contributed by atoms with van der Waals surface area (Å²) in [6.45, 7) is 13.4. The lowest BCUT2D eigenvalue weighted by atomic mass is 9.87. The molecule has 0 N–H and O–H groups in total. The maximum absolute atomic E-state index is 4.80. The molecule has 0 atom stereocenters. The maximum Gasteiger partial charge on any atom is 0.131 e. The van der Waals surface area contributed by atoms with Crippen LogP contribution < -0.4 is 0 Å². The highest BCUT2D eigenvalue weighted by molar-refractivity contribution is 8.39. The van der Waals surface area contributed by atoms with Crippen LogP contribution in [0.2, 0.25) is 0 Å². The molecule has 1 aromatic heterocycles.